The van der Waals surface area contributed by atoms with Crippen LogP contribution in [0.3, 0.4) is 0 Å². The number of nitrogens with two attached hydrogens (primary N) is 1. The molecule has 0 bridgehead atoms. The Balaban J connectivity index is 2.58. The molecule has 3 unspecified atom stereocenters. The van der Waals surface area contributed by atoms with Gasteiger partial charge in [-0.3, -0.25) is 0 Å². The highest BCUT2D eigenvalue weighted by Crippen LogP contribution is 2.36. The zero-order chi connectivity index (χ0) is 11.5. The Labute approximate surface area is 90.6 Å². The molecular weight excluding hydrogens is 198 g/mol. The van der Waals surface area contributed by atoms with E-state index in [9.17, 15) is 8.78 Å². The Hall–Kier alpha value is -0.220. The number of nitrogens with one attached hydrogen (secondary N) is 1. The second kappa shape index (κ2) is 5.21. The van der Waals surface area contributed by atoms with Crippen molar-refractivity contribution in [2.75, 3.05) is 13.1 Å². The fourth-order valence-electron chi connectivity index (χ4n) is 2.62. The Kier molecular flexibility index (Phi) is 4.46. The summed E-state index contributed by atoms with van der Waals surface area (Å²) in [5.41, 5.74) is 5.49. The highest BCUT2D eigenvalue weighted by molar-refractivity contribution is 4.97. The first-order chi connectivity index (χ1) is 7.00. The van der Waals surface area contributed by atoms with Crippen molar-refractivity contribution in [3.05, 3.63) is 0 Å². The van der Waals surface area contributed by atoms with E-state index in [2.05, 4.69) is 19.2 Å². The van der Waals surface area contributed by atoms with Gasteiger partial charge in [-0.15, -0.1) is 0 Å². The van der Waals surface area contributed by atoms with Crippen molar-refractivity contribution in [3.8, 4) is 0 Å². The molecule has 0 aromatic rings. The smallest absolute Gasteiger partial charge is 0.250 e. The highest BCUT2D eigenvalue weighted by atomic mass is 19.3. The first kappa shape index (κ1) is 12.8. The summed E-state index contributed by atoms with van der Waals surface area (Å²) < 4.78 is 24.4. The van der Waals surface area contributed by atoms with Crippen LogP contribution in [-0.4, -0.2) is 25.1 Å². The third kappa shape index (κ3) is 3.11. The van der Waals surface area contributed by atoms with E-state index in [1.165, 1.54) is 0 Å². The molecule has 3 N–H and O–H groups in total. The van der Waals surface area contributed by atoms with Crippen LogP contribution in [0.2, 0.25) is 0 Å². The number of alkyl halides is 2. The molecule has 0 radical (unpaired) electrons. The molecule has 4 heteroatoms. The summed E-state index contributed by atoms with van der Waals surface area (Å²) in [6.45, 7) is 4.54. The van der Waals surface area contributed by atoms with E-state index < -0.39 is 6.43 Å². The van der Waals surface area contributed by atoms with Gasteiger partial charge in [0.2, 0.25) is 0 Å². The first-order valence-corrected chi connectivity index (χ1v) is 5.73. The van der Waals surface area contributed by atoms with Gasteiger partial charge in [0.15, 0.2) is 0 Å². The van der Waals surface area contributed by atoms with Gasteiger partial charge in [0.1, 0.15) is 0 Å². The summed E-state index contributed by atoms with van der Waals surface area (Å²) in [5.74, 6) is 1.07. The molecule has 1 rings (SSSR count). The molecule has 0 aromatic carbocycles. The number of rotatable bonds is 4. The second-order valence-electron chi connectivity index (χ2n) is 4.91. The van der Waals surface area contributed by atoms with Gasteiger partial charge in [0.25, 0.3) is 6.43 Å². The number of hydrogen-bond donors (Lipinski definition) is 2. The molecule has 0 amide bonds. The molecule has 1 aliphatic rings. The van der Waals surface area contributed by atoms with Crippen molar-refractivity contribution < 1.29 is 8.78 Å². The molecule has 90 valence electrons. The van der Waals surface area contributed by atoms with Gasteiger partial charge in [-0.05, 0) is 31.1 Å². The van der Waals surface area contributed by atoms with E-state index in [1.54, 1.807) is 0 Å². The lowest BCUT2D eigenvalue weighted by Crippen LogP contribution is -2.59. The highest BCUT2D eigenvalue weighted by Gasteiger charge is 2.38. The van der Waals surface area contributed by atoms with E-state index in [1.807, 2.05) is 0 Å². The van der Waals surface area contributed by atoms with Crippen LogP contribution in [0.5, 0.6) is 0 Å². The summed E-state index contributed by atoms with van der Waals surface area (Å²) in [5, 5.41) is 2.98. The van der Waals surface area contributed by atoms with E-state index in [-0.39, 0.29) is 12.1 Å². The molecule has 0 aliphatic heterocycles. The number of hydrogen-bond acceptors (Lipinski definition) is 2. The fourth-order valence-corrected chi connectivity index (χ4v) is 2.62. The van der Waals surface area contributed by atoms with Crippen molar-refractivity contribution >= 4 is 0 Å². The normalized spacial score (nSPS) is 37.2. The topological polar surface area (TPSA) is 38.0 Å². The van der Waals surface area contributed by atoms with Gasteiger partial charge < -0.3 is 11.1 Å². The lowest BCUT2D eigenvalue weighted by atomic mass is 9.70. The summed E-state index contributed by atoms with van der Waals surface area (Å²) in [6.07, 6.45) is 0.781. The third-order valence-corrected chi connectivity index (χ3v) is 3.76. The molecular formula is C11H22F2N2. The van der Waals surface area contributed by atoms with Crippen molar-refractivity contribution in [2.45, 2.75) is 45.1 Å². The lowest BCUT2D eigenvalue weighted by molar-refractivity contribution is 0.0859. The van der Waals surface area contributed by atoms with Crippen molar-refractivity contribution in [1.82, 2.24) is 5.32 Å². The maximum Gasteiger partial charge on any atom is 0.250 e. The van der Waals surface area contributed by atoms with Crippen LogP contribution in [0.1, 0.15) is 33.1 Å². The van der Waals surface area contributed by atoms with Crippen LogP contribution in [0.4, 0.5) is 8.78 Å². The molecule has 0 saturated heterocycles. The minimum atomic E-state index is -2.29. The minimum Gasteiger partial charge on any atom is -0.329 e. The monoisotopic (exact) mass is 220 g/mol. The summed E-state index contributed by atoms with van der Waals surface area (Å²) in [6, 6.07) is 0. The van der Waals surface area contributed by atoms with Crippen LogP contribution in [0, 0.1) is 11.8 Å². The van der Waals surface area contributed by atoms with Gasteiger partial charge in [0, 0.05) is 12.1 Å². The number of halogens is 2. The maximum atomic E-state index is 12.2. The predicted molar refractivity (Wildman–Crippen MR) is 58.0 cm³/mol. The molecule has 3 atom stereocenters. The molecule has 2 nitrogen and oxygen atoms in total. The van der Waals surface area contributed by atoms with Crippen LogP contribution in [-0.2, 0) is 0 Å². The van der Waals surface area contributed by atoms with E-state index >= 15 is 0 Å². The predicted octanol–water partition coefficient (Wildman–Crippen LogP) is 1.99. The summed E-state index contributed by atoms with van der Waals surface area (Å²) in [7, 11) is 0. The molecule has 1 aliphatic carbocycles. The van der Waals surface area contributed by atoms with Gasteiger partial charge in [-0.2, -0.15) is 0 Å². The summed E-state index contributed by atoms with van der Waals surface area (Å²) in [4.78, 5) is 0. The van der Waals surface area contributed by atoms with Crippen molar-refractivity contribution in [1.29, 1.82) is 0 Å². The van der Waals surface area contributed by atoms with Gasteiger partial charge in [-0.25, -0.2) is 8.78 Å². The van der Waals surface area contributed by atoms with E-state index in [0.717, 1.165) is 19.3 Å². The minimum absolute atomic E-state index is 0.240. The zero-order valence-electron chi connectivity index (χ0n) is 9.60. The molecule has 0 spiro atoms. The fraction of sp³-hybridized carbons (Fsp3) is 1.00. The Bertz CT molecular complexity index is 199. The molecule has 0 aromatic heterocycles. The Morgan fingerprint density at radius 3 is 2.60 bits per heavy atom. The molecule has 1 saturated carbocycles. The van der Waals surface area contributed by atoms with Crippen molar-refractivity contribution in [2.24, 2.45) is 17.6 Å². The van der Waals surface area contributed by atoms with E-state index in [0.29, 0.717) is 18.4 Å². The van der Waals surface area contributed by atoms with Gasteiger partial charge >= 0.3 is 0 Å². The second-order valence-corrected chi connectivity index (χ2v) is 4.91. The maximum absolute atomic E-state index is 12.2. The SMILES string of the molecule is CC1CCC(CN)(NCC(F)F)C(C)C1. The largest absolute Gasteiger partial charge is 0.329 e. The molecule has 15 heavy (non-hydrogen) atoms. The quantitative estimate of drug-likeness (QED) is 0.760. The molecule has 1 fully saturated rings. The average molecular weight is 220 g/mol. The van der Waals surface area contributed by atoms with Crippen LogP contribution < -0.4 is 11.1 Å². The molecule has 0 heterocycles. The summed E-state index contributed by atoms with van der Waals surface area (Å²) >= 11 is 0. The van der Waals surface area contributed by atoms with E-state index in [4.69, 9.17) is 5.73 Å². The zero-order valence-corrected chi connectivity index (χ0v) is 9.60. The average Bonchev–Trinajstić information content (AvgIpc) is 2.17. The standard InChI is InChI=1S/C11H22F2N2/c1-8-3-4-11(7-14,9(2)5-8)15-6-10(12)13/h8-10,15H,3-7,14H2,1-2H3. The van der Waals surface area contributed by atoms with Crippen LogP contribution >= 0.6 is 0 Å². The van der Waals surface area contributed by atoms with Crippen molar-refractivity contribution in [3.63, 3.8) is 0 Å². The van der Waals surface area contributed by atoms with Crippen LogP contribution in [0.15, 0.2) is 0 Å². The first-order valence-electron chi connectivity index (χ1n) is 5.73. The van der Waals surface area contributed by atoms with Gasteiger partial charge in [-0.1, -0.05) is 13.8 Å². The lowest BCUT2D eigenvalue weighted by Gasteiger charge is -2.45. The Morgan fingerprint density at radius 1 is 1.47 bits per heavy atom. The van der Waals surface area contributed by atoms with Crippen LogP contribution in [0.25, 0.3) is 0 Å². The Morgan fingerprint density at radius 2 is 2.13 bits per heavy atom. The third-order valence-electron chi connectivity index (χ3n) is 3.76. The van der Waals surface area contributed by atoms with Gasteiger partial charge in [0.05, 0.1) is 6.54 Å².